The van der Waals surface area contributed by atoms with Crippen molar-refractivity contribution >= 4 is 132 Å². The molecule has 572 valence electrons. The number of amides is 1. The van der Waals surface area contributed by atoms with Crippen LogP contribution < -0.4 is 32.8 Å². The third-order valence-corrected chi connectivity index (χ3v) is 23.6. The first-order valence-electron chi connectivity index (χ1n) is 30.7. The van der Waals surface area contributed by atoms with Gasteiger partial charge >= 0.3 is 57.3 Å². The van der Waals surface area contributed by atoms with Gasteiger partial charge in [0.25, 0.3) is 10.1 Å². The molecule has 6 rings (SSSR count). The predicted octanol–water partition coefficient (Wildman–Crippen LogP) is 4.84. The fourth-order valence-electron chi connectivity index (χ4n) is 9.17. The quantitative estimate of drug-likeness (QED) is 0.00239. The van der Waals surface area contributed by atoms with Crippen LogP contribution in [0.15, 0.2) is 67.7 Å². The molecule has 3 unspecified atom stereocenters. The van der Waals surface area contributed by atoms with Gasteiger partial charge in [0.1, 0.15) is 31.1 Å². The summed E-state index contributed by atoms with van der Waals surface area (Å²) in [6, 6.07) is 8.79. The van der Waals surface area contributed by atoms with Crippen LogP contribution >= 0.6 is 45.1 Å². The number of carboxylic acid groups (broad SMARTS) is 1. The van der Waals surface area contributed by atoms with E-state index in [2.05, 4.69) is 56.5 Å². The molecule has 36 nitrogen and oxygen atoms in total. The number of rotatable bonds is 39. The Morgan fingerprint density at radius 1 is 0.874 bits per heavy atom. The molecule has 6 atom stereocenters. The van der Waals surface area contributed by atoms with E-state index in [1.54, 1.807) is 34.8 Å². The van der Waals surface area contributed by atoms with Crippen LogP contribution in [0.5, 0.6) is 0 Å². The van der Waals surface area contributed by atoms with Crippen molar-refractivity contribution in [3.8, 4) is 34.3 Å². The van der Waals surface area contributed by atoms with Gasteiger partial charge in [-0.3, -0.25) is 27.8 Å². The minimum Gasteiger partial charge on any atom is -0.478 e. The average Bonchev–Trinajstić information content (AvgIpc) is 1.15. The van der Waals surface area contributed by atoms with Gasteiger partial charge in [-0.05, 0) is 99.8 Å². The number of nitrogen functional groups attached to an aromatic ring is 2. The van der Waals surface area contributed by atoms with Gasteiger partial charge < -0.3 is 79.0 Å². The van der Waals surface area contributed by atoms with Crippen LogP contribution in [0.2, 0.25) is 0 Å². The van der Waals surface area contributed by atoms with Gasteiger partial charge in [0.2, 0.25) is 10.3 Å². The molecule has 1 saturated heterocycles. The maximum Gasteiger partial charge on any atom is 0.490 e. The molecule has 2 aromatic carbocycles. The summed E-state index contributed by atoms with van der Waals surface area (Å²) >= 11 is 5.14. The number of unbranched alkanes of at least 4 members (excludes halogenated alkanes) is 1. The molecular weight excluding hydrogens is 1550 g/mol. The number of aromatic carboxylic acids is 1. The fraction of sp³-hybridized carbons (Fsp3) is 0.500. The topological polar surface area (TPSA) is 548 Å². The van der Waals surface area contributed by atoms with Crippen LogP contribution in [0, 0.1) is 11.8 Å². The number of aromatic nitrogens is 2. The number of carbonyl (C=O) groups is 4. The van der Waals surface area contributed by atoms with E-state index in [-0.39, 0.29) is 139 Å². The zero-order chi connectivity index (χ0) is 76.7. The molecule has 3 aromatic rings. The second-order valence-corrected chi connectivity index (χ2v) is 35.4. The summed E-state index contributed by atoms with van der Waals surface area (Å²) in [6.45, 7) is 9.61. The number of ketones is 1. The van der Waals surface area contributed by atoms with E-state index in [0.29, 0.717) is 19.0 Å². The van der Waals surface area contributed by atoms with Crippen molar-refractivity contribution in [1.29, 1.82) is 0 Å². The number of hydrogen-bond acceptors (Lipinski definition) is 29. The van der Waals surface area contributed by atoms with Crippen LogP contribution in [-0.2, 0) is 106 Å². The van der Waals surface area contributed by atoms with Crippen LogP contribution in [0.4, 0.5) is 16.3 Å². The minimum absolute atomic E-state index is 0.0103. The van der Waals surface area contributed by atoms with Crippen LogP contribution in [0.3, 0.4) is 0 Å². The highest BCUT2D eigenvalue weighted by molar-refractivity contribution is 8.77. The number of phosphoric acid groups is 3. The van der Waals surface area contributed by atoms with Gasteiger partial charge in [-0.1, -0.05) is 55.9 Å². The molecule has 1 amide bonds. The van der Waals surface area contributed by atoms with Crippen LogP contribution in [0.25, 0.3) is 33.4 Å². The summed E-state index contributed by atoms with van der Waals surface area (Å²) in [5, 5.41) is 12.4. The number of carbonyl (C=O) groups excluding carboxylic acids is 3. The molecule has 3 aliphatic rings. The smallest absolute Gasteiger partial charge is 0.478 e. The summed E-state index contributed by atoms with van der Waals surface area (Å²) in [5.74, 6) is 3.17. The second kappa shape index (κ2) is 40.3. The molecular formula is C58H80N6O30P3S6+. The minimum atomic E-state index is -5.74. The van der Waals surface area contributed by atoms with E-state index in [9.17, 15) is 78.5 Å². The standard InChI is InChI=1S/C32H35N3O14S2.C26H44N3O16P3S4/c1-3-48-32(39)35-12-14-47-16-15-46-13-4-5-25(36)18-6-7-19(31(37)38)22(17-18)26-20-8-10-23(33)29(50(40,41)42)27(20)49-28-21(26)9-11-24(34-2)30(28)51(43,44)45;1-5-26(2,3)51-50-17-39-12-8-9-13-40-23(30)11-7-6-10-19-15-29(25(31)28-24(19)27)22-14-20(41-18-52(4)49)21(43-22)16-42-47(35,36)45-48(37,38)44-46(32,33)34/h6-11,17H,3-5,12-16,33H2,1-2H3,(H,35,39)(H,37,38)(H,40,41,42)(H,43,44,45);15,20-22H,5,7-9,11-14,16-18H2,1-4H3,(H,35,36)(H,37,38)(H2,27,28,31)(H2,32,33,34)/p+1/t;20-,21+,22+,52?/m.0/s1. The number of benzene rings is 3. The van der Waals surface area contributed by atoms with Crippen LogP contribution in [0.1, 0.15) is 112 Å². The summed E-state index contributed by atoms with van der Waals surface area (Å²) < 4.78 is 163. The Kier molecular flexibility index (Phi) is 34.5. The lowest BCUT2D eigenvalue weighted by atomic mass is 9.88. The van der Waals surface area contributed by atoms with Crippen molar-refractivity contribution in [1.82, 2.24) is 14.9 Å². The van der Waals surface area contributed by atoms with E-state index in [0.717, 1.165) is 23.5 Å². The molecule has 0 radical (unpaired) electrons. The fourth-order valence-corrected chi connectivity index (χ4v) is 16.6. The number of carboxylic acids is 1. The Hall–Kier alpha value is -5.65. The molecule has 3 heterocycles. The summed E-state index contributed by atoms with van der Waals surface area (Å²) in [4.78, 5) is 103. The number of nitrogens with zero attached hydrogens (tertiary/aromatic N) is 2. The first kappa shape index (κ1) is 88.0. The molecule has 103 heavy (non-hydrogen) atoms. The van der Waals surface area contributed by atoms with Crippen molar-refractivity contribution in [2.45, 2.75) is 112 Å². The highest BCUT2D eigenvalue weighted by Crippen LogP contribution is 2.66. The number of nitrogens with one attached hydrogen (secondary N) is 2. The lowest BCUT2D eigenvalue weighted by Gasteiger charge is -2.21. The highest BCUT2D eigenvalue weighted by atomic mass is 33.1. The molecule has 1 aliphatic carbocycles. The van der Waals surface area contributed by atoms with Crippen molar-refractivity contribution in [2.75, 3.05) is 96.0 Å². The SMILES string of the molecule is CCC(C)(C)SSCOCCCCOC(=O)CCC#Cc1cn([C@H]2C[C@H](OCS(C)=S)[C@@H](COP(=O)(O)OP(=O)(O)OP(=O)(O)O)O2)c(=O)nc1N.CCOC(=O)NCCOCCOCCCC(=O)c1ccc(C(=O)O)c(-c2c3ccc(=[NH+]C)c(S(=O)(=O)O)c-3oc3c(S(=O)(=O)O)c(N)ccc23)c1. The number of fused-ring (bicyclic) bond motifs is 2. The van der Waals surface area contributed by atoms with Crippen molar-refractivity contribution in [2.24, 2.45) is 0 Å². The Balaban J connectivity index is 0.000000371. The Morgan fingerprint density at radius 2 is 1.55 bits per heavy atom. The number of ether oxygens (including phenoxy) is 7. The molecule has 0 saturated carbocycles. The molecule has 0 bridgehead atoms. The predicted molar refractivity (Wildman–Crippen MR) is 378 cm³/mol. The second-order valence-electron chi connectivity index (χ2n) is 22.3. The van der Waals surface area contributed by atoms with Gasteiger partial charge in [-0.2, -0.15) is 30.4 Å². The number of esters is 1. The first-order valence-corrected chi connectivity index (χ1v) is 43.2. The van der Waals surface area contributed by atoms with Gasteiger partial charge in [0.05, 0.1) is 74.9 Å². The summed E-state index contributed by atoms with van der Waals surface area (Å²) in [7, 11) is -22.8. The zero-order valence-electron chi connectivity index (χ0n) is 56.1. The average molecular weight is 1630 g/mol. The molecule has 1 fully saturated rings. The summed E-state index contributed by atoms with van der Waals surface area (Å²) in [5.41, 5.74) is 9.43. The maximum atomic E-state index is 13.3. The van der Waals surface area contributed by atoms with Gasteiger partial charge in [0, 0.05) is 78.1 Å². The Morgan fingerprint density at radius 3 is 2.19 bits per heavy atom. The third-order valence-electron chi connectivity index (χ3n) is 14.1. The summed E-state index contributed by atoms with van der Waals surface area (Å²) in [6.07, 6.45) is 2.13. The van der Waals surface area contributed by atoms with Crippen molar-refractivity contribution < 1.29 is 139 Å². The molecule has 45 heteroatoms. The van der Waals surface area contributed by atoms with Crippen molar-refractivity contribution in [3.05, 3.63) is 81.2 Å². The normalized spacial score (nSPS) is 16.6. The van der Waals surface area contributed by atoms with Gasteiger partial charge in [-0.25, -0.2) is 33.1 Å². The van der Waals surface area contributed by atoms with E-state index >= 15 is 0 Å². The van der Waals surface area contributed by atoms with Gasteiger partial charge in [0.15, 0.2) is 22.0 Å². The monoisotopic (exact) mass is 1630 g/mol. The molecule has 13 N–H and O–H groups in total. The molecule has 1 aromatic heterocycles. The third kappa shape index (κ3) is 28.5. The number of alkyl carbamates (subject to hydrolysis) is 1. The number of hydrogen-bond donors (Lipinski definition) is 11. The Bertz CT molecular complexity index is 4410. The largest absolute Gasteiger partial charge is 0.490 e. The number of Topliss-reactive ketones (excluding diaryl/α,β-unsaturated/α-hetero) is 1. The van der Waals surface area contributed by atoms with E-state index in [4.69, 9.17) is 74.5 Å². The van der Waals surface area contributed by atoms with Crippen LogP contribution in [-0.4, -0.2) is 186 Å². The first-order chi connectivity index (χ1) is 48.2. The van der Waals surface area contributed by atoms with E-state index in [1.165, 1.54) is 49.6 Å². The number of phosphoric ester groups is 1. The molecule has 2 aliphatic heterocycles. The van der Waals surface area contributed by atoms with E-state index in [1.807, 2.05) is 0 Å². The highest BCUT2D eigenvalue weighted by Gasteiger charge is 2.44. The lowest BCUT2D eigenvalue weighted by Crippen LogP contribution is -2.72. The number of anilines is 2. The van der Waals surface area contributed by atoms with Gasteiger partial charge in [-0.15, -0.1) is 0 Å². The van der Waals surface area contributed by atoms with Crippen molar-refractivity contribution in [3.63, 3.8) is 0 Å². The Labute approximate surface area is 606 Å². The lowest BCUT2D eigenvalue weighted by molar-refractivity contribution is -0.467. The van der Waals surface area contributed by atoms with E-state index < -0.39 is 135 Å². The molecule has 0 spiro atoms. The zero-order valence-corrected chi connectivity index (χ0v) is 63.7. The maximum absolute atomic E-state index is 13.3. The number of nitrogens with two attached hydrogens (primary N) is 2.